The summed E-state index contributed by atoms with van der Waals surface area (Å²) in [6.07, 6.45) is -1.59. The number of nitrogens with zero attached hydrogens (tertiary/aromatic N) is 1. The maximum atomic E-state index is 13.6. The molecule has 0 bridgehead atoms. The molecule has 0 aromatic heterocycles. The van der Waals surface area contributed by atoms with E-state index in [1.807, 2.05) is 60.7 Å². The minimum absolute atomic E-state index is 0.0313. The van der Waals surface area contributed by atoms with Crippen molar-refractivity contribution in [1.82, 2.24) is 4.90 Å². The Morgan fingerprint density at radius 3 is 2.14 bits per heavy atom. The number of hydrogen-bond acceptors (Lipinski definition) is 3. The molecule has 3 nitrogen and oxygen atoms in total. The van der Waals surface area contributed by atoms with Crippen molar-refractivity contribution in [3.63, 3.8) is 0 Å². The number of ether oxygens (including phenoxy) is 1. The van der Waals surface area contributed by atoms with Crippen LogP contribution < -0.4 is 10.1 Å². The number of benzene rings is 4. The molecule has 7 heteroatoms. The highest BCUT2D eigenvalue weighted by Crippen LogP contribution is 2.37. The smallest absolute Gasteiger partial charge is 0.417 e. The van der Waals surface area contributed by atoms with E-state index >= 15 is 0 Å². The molecule has 4 rings (SSSR count). The van der Waals surface area contributed by atoms with E-state index in [4.69, 9.17) is 16.3 Å². The van der Waals surface area contributed by atoms with Gasteiger partial charge in [0, 0.05) is 43.9 Å². The topological polar surface area (TPSA) is 24.5 Å². The lowest BCUT2D eigenvalue weighted by molar-refractivity contribution is -0.137. The van der Waals surface area contributed by atoms with Crippen molar-refractivity contribution in [2.24, 2.45) is 0 Å². The molecule has 0 amide bonds. The van der Waals surface area contributed by atoms with Crippen LogP contribution in [0.4, 0.5) is 18.9 Å². The molecule has 0 fully saturated rings. The quantitative estimate of drug-likeness (QED) is 0.139. The average Bonchev–Trinajstić information content (AvgIpc) is 2.99. The van der Waals surface area contributed by atoms with Gasteiger partial charge in [-0.15, -0.1) is 0 Å². The van der Waals surface area contributed by atoms with E-state index in [9.17, 15) is 13.2 Å². The first-order valence-corrected chi connectivity index (χ1v) is 14.9. The van der Waals surface area contributed by atoms with Crippen molar-refractivity contribution in [3.05, 3.63) is 130 Å². The fourth-order valence-corrected chi connectivity index (χ4v) is 5.31. The molecule has 0 radical (unpaired) electrons. The molecule has 4 aromatic carbocycles. The standard InChI is InChI=1S/C35H38ClF3N2O/c1-2-3-21-40-30-18-11-19-31(24-30)42-23-12-22-41(25-29-17-10-20-33(34(29)36)35(37,38)39)26-32(27-13-6-4-7-14-27)28-15-8-5-9-16-28/h4-11,13-20,24,32,40H,2-3,12,21-23,25-26H2,1H3. The van der Waals surface area contributed by atoms with Crippen LogP contribution in [-0.2, 0) is 12.7 Å². The second-order valence-corrected chi connectivity index (χ2v) is 10.8. The zero-order valence-corrected chi connectivity index (χ0v) is 24.7. The highest BCUT2D eigenvalue weighted by atomic mass is 35.5. The summed E-state index contributed by atoms with van der Waals surface area (Å²) >= 11 is 6.33. The van der Waals surface area contributed by atoms with Crippen molar-refractivity contribution < 1.29 is 17.9 Å². The largest absolute Gasteiger partial charge is 0.493 e. The van der Waals surface area contributed by atoms with Crippen LogP contribution in [0.5, 0.6) is 5.75 Å². The van der Waals surface area contributed by atoms with Gasteiger partial charge in [0.15, 0.2) is 0 Å². The number of anilines is 1. The number of alkyl halides is 3. The monoisotopic (exact) mass is 594 g/mol. The first-order chi connectivity index (χ1) is 20.3. The van der Waals surface area contributed by atoms with Gasteiger partial charge >= 0.3 is 6.18 Å². The van der Waals surface area contributed by atoms with Gasteiger partial charge in [0.1, 0.15) is 5.75 Å². The molecule has 222 valence electrons. The lowest BCUT2D eigenvalue weighted by atomic mass is 9.90. The number of hydrogen-bond donors (Lipinski definition) is 1. The molecular formula is C35H38ClF3N2O. The second kappa shape index (κ2) is 15.7. The maximum Gasteiger partial charge on any atom is 0.417 e. The zero-order valence-electron chi connectivity index (χ0n) is 23.9. The van der Waals surface area contributed by atoms with E-state index in [2.05, 4.69) is 41.4 Å². The summed E-state index contributed by atoms with van der Waals surface area (Å²) in [4.78, 5) is 2.18. The SMILES string of the molecule is CCCCNc1cccc(OCCCN(Cc2cccc(C(F)(F)F)c2Cl)CC(c2ccccc2)c2ccccc2)c1. The van der Waals surface area contributed by atoms with Crippen LogP contribution in [0, 0.1) is 0 Å². The van der Waals surface area contributed by atoms with Gasteiger partial charge < -0.3 is 10.1 Å². The highest BCUT2D eigenvalue weighted by Gasteiger charge is 2.34. The Labute approximate surface area is 252 Å². The number of nitrogens with one attached hydrogen (secondary N) is 1. The van der Waals surface area contributed by atoms with Crippen LogP contribution in [0.2, 0.25) is 5.02 Å². The number of rotatable bonds is 15. The van der Waals surface area contributed by atoms with Crippen molar-refractivity contribution in [2.75, 3.05) is 31.6 Å². The summed E-state index contributed by atoms with van der Waals surface area (Å²) in [6, 6.07) is 32.5. The number of halogens is 4. The average molecular weight is 595 g/mol. The van der Waals surface area contributed by atoms with Gasteiger partial charge in [-0.1, -0.05) is 104 Å². The number of unbranched alkanes of at least 4 members (excludes halogenated alkanes) is 1. The van der Waals surface area contributed by atoms with Gasteiger partial charge in [-0.25, -0.2) is 0 Å². The molecule has 0 spiro atoms. The van der Waals surface area contributed by atoms with E-state index in [1.165, 1.54) is 6.07 Å². The van der Waals surface area contributed by atoms with Gasteiger partial charge in [0.25, 0.3) is 0 Å². The summed E-state index contributed by atoms with van der Waals surface area (Å²) < 4.78 is 46.9. The Morgan fingerprint density at radius 1 is 0.833 bits per heavy atom. The molecule has 0 saturated carbocycles. The first-order valence-electron chi connectivity index (χ1n) is 14.5. The molecule has 0 saturated heterocycles. The lowest BCUT2D eigenvalue weighted by Crippen LogP contribution is -2.31. The van der Waals surface area contributed by atoms with Crippen molar-refractivity contribution in [1.29, 1.82) is 0 Å². The Kier molecular flexibility index (Phi) is 11.7. The van der Waals surface area contributed by atoms with Crippen LogP contribution >= 0.6 is 11.6 Å². The fourth-order valence-electron chi connectivity index (χ4n) is 5.01. The van der Waals surface area contributed by atoms with E-state index in [0.717, 1.165) is 48.0 Å². The molecular weight excluding hydrogens is 557 g/mol. The zero-order chi connectivity index (χ0) is 29.8. The maximum absolute atomic E-state index is 13.6. The minimum atomic E-state index is -4.51. The summed E-state index contributed by atoms with van der Waals surface area (Å²) in [7, 11) is 0. The minimum Gasteiger partial charge on any atom is -0.493 e. The molecule has 0 atom stereocenters. The van der Waals surface area contributed by atoms with Crippen LogP contribution in [0.25, 0.3) is 0 Å². The third-order valence-electron chi connectivity index (χ3n) is 7.20. The molecule has 0 heterocycles. The van der Waals surface area contributed by atoms with E-state index < -0.39 is 11.7 Å². The summed E-state index contributed by atoms with van der Waals surface area (Å²) in [5.41, 5.74) is 2.97. The van der Waals surface area contributed by atoms with Crippen LogP contribution in [0.1, 0.15) is 54.4 Å². The molecule has 0 aliphatic rings. The van der Waals surface area contributed by atoms with Crippen LogP contribution in [-0.4, -0.2) is 31.1 Å². The van der Waals surface area contributed by atoms with E-state index in [0.29, 0.717) is 31.7 Å². The molecule has 0 aliphatic carbocycles. The summed E-state index contributed by atoms with van der Waals surface area (Å²) in [5, 5.41) is 3.17. The Balaban J connectivity index is 1.51. The van der Waals surface area contributed by atoms with Crippen molar-refractivity contribution in [2.45, 2.75) is 44.8 Å². The molecule has 42 heavy (non-hydrogen) atoms. The van der Waals surface area contributed by atoms with E-state index in [1.54, 1.807) is 6.07 Å². The molecule has 0 unspecified atom stereocenters. The van der Waals surface area contributed by atoms with E-state index in [-0.39, 0.29) is 17.5 Å². The third-order valence-corrected chi connectivity index (χ3v) is 7.65. The van der Waals surface area contributed by atoms with Gasteiger partial charge in [-0.05, 0) is 47.7 Å². The fraction of sp³-hybridized carbons (Fsp3) is 0.314. The predicted molar refractivity (Wildman–Crippen MR) is 166 cm³/mol. The van der Waals surface area contributed by atoms with Gasteiger partial charge in [-0.2, -0.15) is 13.2 Å². The summed E-state index contributed by atoms with van der Waals surface area (Å²) in [5.74, 6) is 0.819. The molecule has 4 aromatic rings. The van der Waals surface area contributed by atoms with Gasteiger partial charge in [0.05, 0.1) is 17.2 Å². The summed E-state index contributed by atoms with van der Waals surface area (Å²) in [6.45, 7) is 5.07. The Hall–Kier alpha value is -3.48. The first kappa shape index (κ1) is 31.5. The highest BCUT2D eigenvalue weighted by molar-refractivity contribution is 6.32. The molecule has 1 N–H and O–H groups in total. The van der Waals surface area contributed by atoms with Gasteiger partial charge in [0.2, 0.25) is 0 Å². The van der Waals surface area contributed by atoms with Crippen LogP contribution in [0.15, 0.2) is 103 Å². The predicted octanol–water partition coefficient (Wildman–Crippen LogP) is 9.67. The Morgan fingerprint density at radius 2 is 1.50 bits per heavy atom. The molecule has 0 aliphatic heterocycles. The lowest BCUT2D eigenvalue weighted by Gasteiger charge is -2.29. The second-order valence-electron chi connectivity index (χ2n) is 10.4. The third kappa shape index (κ3) is 9.27. The Bertz CT molecular complexity index is 1330. The van der Waals surface area contributed by atoms with Crippen molar-refractivity contribution in [3.8, 4) is 5.75 Å². The van der Waals surface area contributed by atoms with Crippen LogP contribution in [0.3, 0.4) is 0 Å². The normalized spacial score (nSPS) is 11.7. The van der Waals surface area contributed by atoms with Crippen molar-refractivity contribution >= 4 is 17.3 Å². The van der Waals surface area contributed by atoms with Gasteiger partial charge in [-0.3, -0.25) is 4.90 Å².